The highest BCUT2D eigenvalue weighted by Crippen LogP contribution is 2.39. The standard InChI is InChI=1S/C18H23NO5/c1-23-11-7-8-16(24-2)14(9-11)15(20)10-19-17(21)12-5-3-4-6-13(12)18(19)22/h7-9,12-13,15,20H,3-6,10H2,1-2H3/t12-,13-,15-/m1/s1. The summed E-state index contributed by atoms with van der Waals surface area (Å²) in [5.41, 5.74) is 0.507. The van der Waals surface area contributed by atoms with E-state index in [1.165, 1.54) is 19.1 Å². The molecular weight excluding hydrogens is 310 g/mol. The van der Waals surface area contributed by atoms with Crippen molar-refractivity contribution in [3.63, 3.8) is 0 Å². The molecule has 130 valence electrons. The molecule has 2 fully saturated rings. The molecule has 6 nitrogen and oxygen atoms in total. The summed E-state index contributed by atoms with van der Waals surface area (Å²) in [6.07, 6.45) is 2.50. The molecule has 3 atom stereocenters. The van der Waals surface area contributed by atoms with Crippen LogP contribution in [0, 0.1) is 11.8 Å². The van der Waals surface area contributed by atoms with Crippen LogP contribution >= 0.6 is 0 Å². The van der Waals surface area contributed by atoms with Gasteiger partial charge in [0.2, 0.25) is 11.8 Å². The molecule has 2 amide bonds. The third-order valence-corrected chi connectivity index (χ3v) is 5.08. The van der Waals surface area contributed by atoms with Gasteiger partial charge in [0.05, 0.1) is 32.6 Å². The summed E-state index contributed by atoms with van der Waals surface area (Å²) >= 11 is 0. The van der Waals surface area contributed by atoms with E-state index in [0.29, 0.717) is 17.1 Å². The maximum absolute atomic E-state index is 12.5. The number of nitrogens with zero attached hydrogens (tertiary/aromatic N) is 1. The Hall–Kier alpha value is -2.08. The summed E-state index contributed by atoms with van der Waals surface area (Å²) in [6.45, 7) is -0.0474. The molecule has 2 aliphatic rings. The van der Waals surface area contributed by atoms with Gasteiger partial charge in [0.15, 0.2) is 0 Å². The highest BCUT2D eigenvalue weighted by molar-refractivity contribution is 6.05. The first-order valence-electron chi connectivity index (χ1n) is 8.32. The topological polar surface area (TPSA) is 76.1 Å². The minimum Gasteiger partial charge on any atom is -0.497 e. The van der Waals surface area contributed by atoms with E-state index in [2.05, 4.69) is 0 Å². The molecule has 1 N–H and O–H groups in total. The minimum atomic E-state index is -1.01. The van der Waals surface area contributed by atoms with E-state index in [-0.39, 0.29) is 30.2 Å². The lowest BCUT2D eigenvalue weighted by atomic mass is 9.81. The number of likely N-dealkylation sites (tertiary alicyclic amines) is 1. The van der Waals surface area contributed by atoms with Gasteiger partial charge in [0.25, 0.3) is 0 Å². The van der Waals surface area contributed by atoms with Crippen LogP contribution in [0.15, 0.2) is 18.2 Å². The van der Waals surface area contributed by atoms with Crippen LogP contribution in [0.4, 0.5) is 0 Å². The van der Waals surface area contributed by atoms with Crippen molar-refractivity contribution in [3.8, 4) is 11.5 Å². The zero-order chi connectivity index (χ0) is 17.3. The van der Waals surface area contributed by atoms with Crippen molar-refractivity contribution in [2.24, 2.45) is 11.8 Å². The number of ether oxygens (including phenoxy) is 2. The number of amides is 2. The molecule has 1 saturated carbocycles. The fourth-order valence-corrected chi connectivity index (χ4v) is 3.78. The van der Waals surface area contributed by atoms with Gasteiger partial charge in [-0.2, -0.15) is 0 Å². The van der Waals surface area contributed by atoms with Gasteiger partial charge in [0.1, 0.15) is 17.6 Å². The molecule has 0 unspecified atom stereocenters. The van der Waals surface area contributed by atoms with Gasteiger partial charge in [-0.3, -0.25) is 14.5 Å². The summed E-state index contributed by atoms with van der Waals surface area (Å²) in [6, 6.07) is 5.10. The van der Waals surface area contributed by atoms with E-state index in [9.17, 15) is 14.7 Å². The van der Waals surface area contributed by atoms with Crippen LogP contribution in [0.5, 0.6) is 11.5 Å². The highest BCUT2D eigenvalue weighted by atomic mass is 16.5. The largest absolute Gasteiger partial charge is 0.497 e. The van der Waals surface area contributed by atoms with Gasteiger partial charge in [-0.25, -0.2) is 0 Å². The lowest BCUT2D eigenvalue weighted by Gasteiger charge is -2.21. The number of imide groups is 1. The van der Waals surface area contributed by atoms with Crippen molar-refractivity contribution in [1.29, 1.82) is 0 Å². The predicted molar refractivity (Wildman–Crippen MR) is 86.7 cm³/mol. The number of carbonyl (C=O) groups excluding carboxylic acids is 2. The van der Waals surface area contributed by atoms with Gasteiger partial charge in [-0.1, -0.05) is 12.8 Å². The molecule has 1 heterocycles. The van der Waals surface area contributed by atoms with Crippen molar-refractivity contribution in [2.45, 2.75) is 31.8 Å². The average Bonchev–Trinajstić information content (AvgIpc) is 2.86. The molecule has 0 aromatic heterocycles. The molecule has 6 heteroatoms. The monoisotopic (exact) mass is 333 g/mol. The first kappa shape index (κ1) is 16.8. The molecular formula is C18H23NO5. The number of hydrogen-bond acceptors (Lipinski definition) is 5. The van der Waals surface area contributed by atoms with Gasteiger partial charge >= 0.3 is 0 Å². The Bertz CT molecular complexity index is 620. The maximum atomic E-state index is 12.5. The molecule has 24 heavy (non-hydrogen) atoms. The highest BCUT2D eigenvalue weighted by Gasteiger charge is 2.48. The van der Waals surface area contributed by atoms with E-state index in [4.69, 9.17) is 9.47 Å². The van der Waals surface area contributed by atoms with Gasteiger partial charge in [-0.15, -0.1) is 0 Å². The summed E-state index contributed by atoms with van der Waals surface area (Å²) < 4.78 is 10.5. The zero-order valence-electron chi connectivity index (χ0n) is 14.0. The Morgan fingerprint density at radius 1 is 1.12 bits per heavy atom. The Kier molecular flexibility index (Phi) is 4.76. The van der Waals surface area contributed by atoms with Crippen LogP contribution in [-0.2, 0) is 9.59 Å². The minimum absolute atomic E-state index is 0.0474. The molecule has 1 aliphatic carbocycles. The number of aliphatic hydroxyl groups is 1. The number of fused-ring (bicyclic) bond motifs is 1. The predicted octanol–water partition coefficient (Wildman–Crippen LogP) is 1.91. The second kappa shape index (κ2) is 6.81. The molecule has 3 rings (SSSR count). The van der Waals surface area contributed by atoms with Crippen LogP contribution in [0.25, 0.3) is 0 Å². The molecule has 0 bridgehead atoms. The van der Waals surface area contributed by atoms with Crippen LogP contribution < -0.4 is 9.47 Å². The Morgan fingerprint density at radius 2 is 1.75 bits per heavy atom. The normalized spacial score (nSPS) is 24.7. The number of rotatable bonds is 5. The molecule has 1 aromatic rings. The van der Waals surface area contributed by atoms with E-state index >= 15 is 0 Å². The second-order valence-corrected chi connectivity index (χ2v) is 6.41. The number of aliphatic hydroxyl groups excluding tert-OH is 1. The van der Waals surface area contributed by atoms with Crippen molar-refractivity contribution in [3.05, 3.63) is 23.8 Å². The SMILES string of the molecule is COc1ccc(OC)c([C@H](O)CN2C(=O)[C@@H]3CCCC[C@H]3C2=O)c1. The third-order valence-electron chi connectivity index (χ3n) is 5.08. The van der Waals surface area contributed by atoms with Crippen LogP contribution in [-0.4, -0.2) is 42.6 Å². The molecule has 1 saturated heterocycles. The lowest BCUT2D eigenvalue weighted by Crippen LogP contribution is -2.35. The van der Waals surface area contributed by atoms with Crippen LogP contribution in [0.2, 0.25) is 0 Å². The molecule has 1 aromatic carbocycles. The summed E-state index contributed by atoms with van der Waals surface area (Å²) in [5, 5.41) is 10.6. The van der Waals surface area contributed by atoms with Crippen molar-refractivity contribution < 1.29 is 24.2 Å². The Balaban J connectivity index is 1.81. The summed E-state index contributed by atoms with van der Waals surface area (Å²) in [5.74, 6) is 0.380. The zero-order valence-corrected chi connectivity index (χ0v) is 14.0. The van der Waals surface area contributed by atoms with Crippen LogP contribution in [0.1, 0.15) is 37.4 Å². The quantitative estimate of drug-likeness (QED) is 0.833. The fraction of sp³-hybridized carbons (Fsp3) is 0.556. The lowest BCUT2D eigenvalue weighted by molar-refractivity contribution is -0.141. The van der Waals surface area contributed by atoms with Crippen molar-refractivity contribution >= 4 is 11.8 Å². The first-order valence-corrected chi connectivity index (χ1v) is 8.32. The smallest absolute Gasteiger partial charge is 0.233 e. The van der Waals surface area contributed by atoms with Gasteiger partial charge < -0.3 is 14.6 Å². The number of hydrogen-bond donors (Lipinski definition) is 1. The Morgan fingerprint density at radius 3 is 2.29 bits per heavy atom. The summed E-state index contributed by atoms with van der Waals surface area (Å²) in [7, 11) is 3.05. The molecule has 1 aliphatic heterocycles. The van der Waals surface area contributed by atoms with E-state index < -0.39 is 6.10 Å². The van der Waals surface area contributed by atoms with Gasteiger partial charge in [0, 0.05) is 5.56 Å². The first-order chi connectivity index (χ1) is 11.6. The maximum Gasteiger partial charge on any atom is 0.233 e. The summed E-state index contributed by atoms with van der Waals surface area (Å²) in [4.78, 5) is 26.3. The van der Waals surface area contributed by atoms with E-state index in [1.54, 1.807) is 18.2 Å². The van der Waals surface area contributed by atoms with Crippen LogP contribution in [0.3, 0.4) is 0 Å². The van der Waals surface area contributed by atoms with Crippen molar-refractivity contribution in [2.75, 3.05) is 20.8 Å². The number of methoxy groups -OCH3 is 2. The number of carbonyl (C=O) groups is 2. The third kappa shape index (κ3) is 2.86. The second-order valence-electron chi connectivity index (χ2n) is 6.41. The Labute approximate surface area is 141 Å². The van der Waals surface area contributed by atoms with Crippen molar-refractivity contribution in [1.82, 2.24) is 4.90 Å². The number of benzene rings is 1. The number of β-amino-alcohol motifs (C(OH)–C–C–N with tert-alkyl or cyclic N) is 1. The molecule has 0 spiro atoms. The molecule has 0 radical (unpaired) electrons. The van der Waals surface area contributed by atoms with Gasteiger partial charge in [-0.05, 0) is 31.0 Å². The van der Waals surface area contributed by atoms with E-state index in [1.807, 2.05) is 0 Å². The van der Waals surface area contributed by atoms with E-state index in [0.717, 1.165) is 25.7 Å². The fourth-order valence-electron chi connectivity index (χ4n) is 3.78. The average molecular weight is 333 g/mol.